The lowest BCUT2D eigenvalue weighted by Gasteiger charge is -2.17. The highest BCUT2D eigenvalue weighted by molar-refractivity contribution is 8.00. The first-order chi connectivity index (χ1) is 9.26. The van der Waals surface area contributed by atoms with Crippen LogP contribution in [-0.4, -0.2) is 14.3 Å². The number of nitrogens with zero attached hydrogens (tertiary/aromatic N) is 1. The van der Waals surface area contributed by atoms with Crippen molar-refractivity contribution < 1.29 is 0 Å². The molecule has 0 saturated heterocycles. The second kappa shape index (κ2) is 5.37. The summed E-state index contributed by atoms with van der Waals surface area (Å²) in [7, 11) is 1.71. The number of aromatic nitrogens is 2. The molecule has 4 heteroatoms. The minimum atomic E-state index is -0.0526. The molecule has 0 aliphatic heterocycles. The molecule has 1 N–H and O–H groups in total. The van der Waals surface area contributed by atoms with Crippen LogP contribution in [-0.2, 0) is 7.05 Å². The van der Waals surface area contributed by atoms with Gasteiger partial charge in [-0.1, -0.05) is 39.5 Å². The van der Waals surface area contributed by atoms with Crippen molar-refractivity contribution in [3.8, 4) is 0 Å². The number of benzene rings is 1. The maximum Gasteiger partial charge on any atom is 0.275 e. The number of imidazole rings is 1. The van der Waals surface area contributed by atoms with Crippen LogP contribution < -0.4 is 16.4 Å². The summed E-state index contributed by atoms with van der Waals surface area (Å²) in [6.07, 6.45) is 1.85. The summed E-state index contributed by atoms with van der Waals surface area (Å²) in [6.45, 7) is 10.4. The zero-order valence-electron chi connectivity index (χ0n) is 12.4. The van der Waals surface area contributed by atoms with Crippen LogP contribution in [0, 0.1) is 0 Å². The second-order valence-corrected chi connectivity index (χ2v) is 7.68. The number of thioether (sulfide) groups is 1. The number of nitrogens with one attached hydrogen (secondary N) is 1. The lowest BCUT2D eigenvalue weighted by atomic mass is 10.2. The predicted octanol–water partition coefficient (Wildman–Crippen LogP) is 1.84. The quantitative estimate of drug-likeness (QED) is 0.856. The fourth-order valence-electron chi connectivity index (χ4n) is 1.85. The van der Waals surface area contributed by atoms with E-state index >= 15 is 0 Å². The molecule has 0 radical (unpaired) electrons. The Morgan fingerprint density at radius 1 is 1.25 bits per heavy atom. The van der Waals surface area contributed by atoms with E-state index in [0.717, 1.165) is 5.56 Å². The summed E-state index contributed by atoms with van der Waals surface area (Å²) in [5.74, 6) is 0. The van der Waals surface area contributed by atoms with Crippen LogP contribution in [0.1, 0.15) is 26.3 Å². The minimum Gasteiger partial charge on any atom is -0.338 e. The standard InChI is InChI=1S/C16H20N2OS/c1-11-17-14(15(19)18(11)5)10-12-6-8-13(9-7-12)20-16(2,3)4/h6-10,17H,1H2,2-5H3/b14-10-. The zero-order valence-corrected chi connectivity index (χ0v) is 13.2. The molecule has 0 aliphatic rings. The summed E-state index contributed by atoms with van der Waals surface area (Å²) >= 11 is 1.83. The van der Waals surface area contributed by atoms with Crippen LogP contribution >= 0.6 is 11.8 Å². The van der Waals surface area contributed by atoms with E-state index in [4.69, 9.17) is 0 Å². The van der Waals surface area contributed by atoms with E-state index in [1.807, 2.05) is 30.0 Å². The van der Waals surface area contributed by atoms with E-state index < -0.39 is 0 Å². The van der Waals surface area contributed by atoms with Crippen LogP contribution in [0.4, 0.5) is 0 Å². The first kappa shape index (κ1) is 14.7. The summed E-state index contributed by atoms with van der Waals surface area (Å²) in [6, 6.07) is 8.22. The summed E-state index contributed by atoms with van der Waals surface area (Å²) in [5, 5.41) is 0.564. The van der Waals surface area contributed by atoms with E-state index in [2.05, 4.69) is 44.5 Å². The Kier molecular flexibility index (Phi) is 3.95. The van der Waals surface area contributed by atoms with Crippen molar-refractivity contribution >= 4 is 24.4 Å². The van der Waals surface area contributed by atoms with Gasteiger partial charge in [0, 0.05) is 16.7 Å². The Hall–Kier alpha value is -1.68. The molecule has 1 aromatic heterocycles. The molecule has 0 unspecified atom stereocenters. The predicted molar refractivity (Wildman–Crippen MR) is 86.4 cm³/mol. The highest BCUT2D eigenvalue weighted by Gasteiger charge is 2.11. The molecule has 0 fully saturated rings. The van der Waals surface area contributed by atoms with E-state index in [1.54, 1.807) is 7.05 Å². The van der Waals surface area contributed by atoms with Crippen LogP contribution in [0.25, 0.3) is 12.7 Å². The maximum atomic E-state index is 11.9. The van der Waals surface area contributed by atoms with Crippen molar-refractivity contribution in [3.63, 3.8) is 0 Å². The second-order valence-electron chi connectivity index (χ2n) is 5.78. The average molecular weight is 288 g/mol. The van der Waals surface area contributed by atoms with Crippen molar-refractivity contribution in [2.24, 2.45) is 7.05 Å². The van der Waals surface area contributed by atoms with Crippen molar-refractivity contribution in [2.75, 3.05) is 0 Å². The first-order valence-corrected chi connectivity index (χ1v) is 7.33. The molecule has 3 nitrogen and oxygen atoms in total. The van der Waals surface area contributed by atoms with Gasteiger partial charge in [0.25, 0.3) is 5.56 Å². The van der Waals surface area contributed by atoms with Crippen molar-refractivity contribution in [3.05, 3.63) is 51.0 Å². The molecule has 0 atom stereocenters. The van der Waals surface area contributed by atoms with Gasteiger partial charge in [0.2, 0.25) is 0 Å². The van der Waals surface area contributed by atoms with Gasteiger partial charge in [0.15, 0.2) is 0 Å². The topological polar surface area (TPSA) is 37.8 Å². The molecule has 0 saturated carbocycles. The summed E-state index contributed by atoms with van der Waals surface area (Å²) in [5.41, 5.74) is 1.56. The largest absolute Gasteiger partial charge is 0.338 e. The molecule has 0 spiro atoms. The molecule has 2 aromatic rings. The molecule has 0 bridgehead atoms. The van der Waals surface area contributed by atoms with E-state index in [1.165, 1.54) is 9.46 Å². The fourth-order valence-corrected chi connectivity index (χ4v) is 2.83. The third-order valence-electron chi connectivity index (χ3n) is 2.83. The van der Waals surface area contributed by atoms with Gasteiger partial charge >= 0.3 is 0 Å². The average Bonchev–Trinajstić information content (AvgIpc) is 2.58. The molecular formula is C16H20N2OS. The van der Waals surface area contributed by atoms with Gasteiger partial charge in [-0.05, 0) is 23.8 Å². The van der Waals surface area contributed by atoms with E-state index in [-0.39, 0.29) is 10.3 Å². The van der Waals surface area contributed by atoms with Gasteiger partial charge in [0.1, 0.15) is 10.8 Å². The number of hydrogen-bond acceptors (Lipinski definition) is 2. The van der Waals surface area contributed by atoms with Gasteiger partial charge in [-0.15, -0.1) is 11.8 Å². The Morgan fingerprint density at radius 3 is 2.30 bits per heavy atom. The van der Waals surface area contributed by atoms with Crippen LogP contribution in [0.3, 0.4) is 0 Å². The number of H-pyrrole nitrogens is 1. The highest BCUT2D eigenvalue weighted by atomic mass is 32.2. The monoisotopic (exact) mass is 288 g/mol. The SMILES string of the molecule is C=c1[nH]/c(=C\c2ccc(SC(C)(C)C)cc2)c(=O)n1C. The van der Waals surface area contributed by atoms with Crippen LogP contribution in [0.5, 0.6) is 0 Å². The Morgan fingerprint density at radius 2 is 1.85 bits per heavy atom. The molecule has 20 heavy (non-hydrogen) atoms. The normalized spacial score (nSPS) is 12.9. The summed E-state index contributed by atoms with van der Waals surface area (Å²) in [4.78, 5) is 16.1. The van der Waals surface area contributed by atoms with E-state index in [0.29, 0.717) is 10.8 Å². The third-order valence-corrected chi connectivity index (χ3v) is 3.95. The smallest absolute Gasteiger partial charge is 0.275 e. The zero-order chi connectivity index (χ0) is 14.9. The Balaban J connectivity index is 2.34. The van der Waals surface area contributed by atoms with Gasteiger partial charge in [-0.25, -0.2) is 0 Å². The lowest BCUT2D eigenvalue weighted by molar-refractivity contribution is 0.803. The fraction of sp³-hybridized carbons (Fsp3) is 0.312. The lowest BCUT2D eigenvalue weighted by Crippen LogP contribution is -2.28. The van der Waals surface area contributed by atoms with Crippen LogP contribution in [0.15, 0.2) is 34.0 Å². The molecule has 106 valence electrons. The van der Waals surface area contributed by atoms with Gasteiger partial charge < -0.3 is 4.98 Å². The minimum absolute atomic E-state index is 0.0526. The number of hydrogen-bond donors (Lipinski definition) is 1. The van der Waals surface area contributed by atoms with Crippen molar-refractivity contribution in [1.29, 1.82) is 0 Å². The molecule has 0 aliphatic carbocycles. The number of rotatable bonds is 2. The molecule has 2 rings (SSSR count). The molecule has 0 amide bonds. The molecular weight excluding hydrogens is 268 g/mol. The Labute approximate surface area is 123 Å². The van der Waals surface area contributed by atoms with Crippen molar-refractivity contribution in [2.45, 2.75) is 30.4 Å². The van der Waals surface area contributed by atoms with Gasteiger partial charge in [0.05, 0.1) is 0 Å². The van der Waals surface area contributed by atoms with Gasteiger partial charge in [-0.3, -0.25) is 9.36 Å². The van der Waals surface area contributed by atoms with Crippen molar-refractivity contribution in [1.82, 2.24) is 9.55 Å². The third kappa shape index (κ3) is 3.45. The molecule has 1 heterocycles. The number of aromatic amines is 1. The van der Waals surface area contributed by atoms with Gasteiger partial charge in [-0.2, -0.15) is 0 Å². The maximum absolute atomic E-state index is 11.9. The highest BCUT2D eigenvalue weighted by Crippen LogP contribution is 2.31. The van der Waals surface area contributed by atoms with E-state index in [9.17, 15) is 4.79 Å². The van der Waals surface area contributed by atoms with Crippen LogP contribution in [0.2, 0.25) is 0 Å². The molecule has 1 aromatic carbocycles. The Bertz CT molecular complexity index is 761. The summed E-state index contributed by atoms with van der Waals surface area (Å²) < 4.78 is 1.71. The first-order valence-electron chi connectivity index (χ1n) is 6.51.